The molecule has 4 heteroatoms. The van der Waals surface area contributed by atoms with Crippen LogP contribution in [0.3, 0.4) is 0 Å². The number of nitrogens with zero attached hydrogens (tertiary/aromatic N) is 2. The Hall–Kier alpha value is -2.41. The monoisotopic (exact) mass is 296 g/mol. The lowest BCUT2D eigenvalue weighted by Crippen LogP contribution is -2.37. The van der Waals surface area contributed by atoms with Crippen molar-refractivity contribution in [1.29, 1.82) is 5.26 Å². The van der Waals surface area contributed by atoms with Gasteiger partial charge in [-0.25, -0.2) is 4.90 Å². The second-order valence-corrected chi connectivity index (χ2v) is 6.51. The molecule has 0 spiro atoms. The normalized spacial score (nSPS) is 23.5. The van der Waals surface area contributed by atoms with Crippen LogP contribution in [0.1, 0.15) is 38.3 Å². The predicted molar refractivity (Wildman–Crippen MR) is 85.1 cm³/mol. The minimum Gasteiger partial charge on any atom is -0.273 e. The molecule has 0 aliphatic carbocycles. The Kier molecular flexibility index (Phi) is 3.70. The maximum Gasteiger partial charge on any atom is 0.241 e. The molecule has 2 rings (SSSR count). The molecule has 1 aliphatic rings. The van der Waals surface area contributed by atoms with Gasteiger partial charge in [-0.3, -0.25) is 9.59 Å². The summed E-state index contributed by atoms with van der Waals surface area (Å²) in [5.74, 6) is -0.433. The van der Waals surface area contributed by atoms with Gasteiger partial charge in [-0.15, -0.1) is 6.58 Å². The van der Waals surface area contributed by atoms with Crippen molar-refractivity contribution >= 4 is 17.5 Å². The van der Waals surface area contributed by atoms with Crippen LogP contribution in [-0.4, -0.2) is 11.8 Å². The van der Waals surface area contributed by atoms with Crippen molar-refractivity contribution < 1.29 is 9.59 Å². The summed E-state index contributed by atoms with van der Waals surface area (Å²) in [6, 6.07) is 7.09. The lowest BCUT2D eigenvalue weighted by atomic mass is 9.66. The molecule has 1 aromatic carbocycles. The molecule has 0 N–H and O–H groups in total. The smallest absolute Gasteiger partial charge is 0.241 e. The first kappa shape index (κ1) is 16.0. The summed E-state index contributed by atoms with van der Waals surface area (Å²) in [6.45, 7) is 10.9. The molecule has 0 bridgehead atoms. The number of anilines is 1. The summed E-state index contributed by atoms with van der Waals surface area (Å²) < 4.78 is 0. The summed E-state index contributed by atoms with van der Waals surface area (Å²) in [7, 11) is 0. The second kappa shape index (κ2) is 5.10. The van der Waals surface area contributed by atoms with E-state index in [9.17, 15) is 9.59 Å². The van der Waals surface area contributed by atoms with Crippen LogP contribution in [0.15, 0.2) is 30.9 Å². The van der Waals surface area contributed by atoms with E-state index >= 15 is 0 Å². The average molecular weight is 296 g/mol. The molecule has 1 heterocycles. The largest absolute Gasteiger partial charge is 0.273 e. The van der Waals surface area contributed by atoms with Crippen LogP contribution < -0.4 is 4.90 Å². The highest BCUT2D eigenvalue weighted by Crippen LogP contribution is 2.51. The Morgan fingerprint density at radius 3 is 2.41 bits per heavy atom. The van der Waals surface area contributed by atoms with Gasteiger partial charge in [0.15, 0.2) is 0 Å². The molecular formula is C18H20N2O2. The molecule has 2 amide bonds. The van der Waals surface area contributed by atoms with Gasteiger partial charge in [-0.2, -0.15) is 5.26 Å². The van der Waals surface area contributed by atoms with Gasteiger partial charge < -0.3 is 0 Å². The van der Waals surface area contributed by atoms with E-state index in [0.717, 1.165) is 5.56 Å². The SMILES string of the molecule is C=CCC1(C)C(=O)N(c2ccc(C#N)c(C)c2)C(=O)C1(C)C. The van der Waals surface area contributed by atoms with E-state index in [2.05, 4.69) is 12.6 Å². The fourth-order valence-corrected chi connectivity index (χ4v) is 2.90. The van der Waals surface area contributed by atoms with E-state index in [1.165, 1.54) is 4.90 Å². The van der Waals surface area contributed by atoms with E-state index in [4.69, 9.17) is 5.26 Å². The van der Waals surface area contributed by atoms with E-state index in [-0.39, 0.29) is 11.8 Å². The number of nitriles is 1. The van der Waals surface area contributed by atoms with Crippen molar-refractivity contribution in [2.45, 2.75) is 34.1 Å². The molecule has 22 heavy (non-hydrogen) atoms. The van der Waals surface area contributed by atoms with Gasteiger partial charge in [0, 0.05) is 0 Å². The van der Waals surface area contributed by atoms with Crippen molar-refractivity contribution in [3.8, 4) is 6.07 Å². The number of amides is 2. The molecule has 114 valence electrons. The van der Waals surface area contributed by atoms with Crippen molar-refractivity contribution in [2.75, 3.05) is 4.90 Å². The number of aryl methyl sites for hydroxylation is 1. The second-order valence-electron chi connectivity index (χ2n) is 6.51. The third-order valence-electron chi connectivity index (χ3n) is 4.93. The van der Waals surface area contributed by atoms with E-state index < -0.39 is 10.8 Å². The Labute approximate surface area is 131 Å². The highest BCUT2D eigenvalue weighted by Gasteiger charge is 2.61. The van der Waals surface area contributed by atoms with Crippen LogP contribution in [0.2, 0.25) is 0 Å². The van der Waals surface area contributed by atoms with Gasteiger partial charge in [0.1, 0.15) is 0 Å². The molecular weight excluding hydrogens is 276 g/mol. The van der Waals surface area contributed by atoms with E-state index in [0.29, 0.717) is 17.7 Å². The minimum atomic E-state index is -0.812. The van der Waals surface area contributed by atoms with Crippen LogP contribution in [0.5, 0.6) is 0 Å². The third kappa shape index (κ3) is 1.97. The Morgan fingerprint density at radius 1 is 1.27 bits per heavy atom. The number of carbonyl (C=O) groups excluding carboxylic acids is 2. The minimum absolute atomic E-state index is 0.216. The fraction of sp³-hybridized carbons (Fsp3) is 0.389. The quantitative estimate of drug-likeness (QED) is 0.635. The zero-order chi connectivity index (χ0) is 16.7. The van der Waals surface area contributed by atoms with Gasteiger partial charge in [0.2, 0.25) is 11.8 Å². The summed E-state index contributed by atoms with van der Waals surface area (Å²) in [6.07, 6.45) is 2.12. The molecule has 1 aromatic rings. The van der Waals surface area contributed by atoms with E-state index in [1.807, 2.05) is 6.92 Å². The van der Waals surface area contributed by atoms with Crippen LogP contribution >= 0.6 is 0 Å². The van der Waals surface area contributed by atoms with Crippen molar-refractivity contribution in [1.82, 2.24) is 0 Å². The number of hydrogen-bond acceptors (Lipinski definition) is 3. The van der Waals surface area contributed by atoms with Crippen LogP contribution in [-0.2, 0) is 9.59 Å². The summed E-state index contributed by atoms with van der Waals surface area (Å²) in [4.78, 5) is 26.9. The first-order chi connectivity index (χ1) is 10.2. The third-order valence-corrected chi connectivity index (χ3v) is 4.93. The van der Waals surface area contributed by atoms with Gasteiger partial charge in [-0.1, -0.05) is 6.08 Å². The molecule has 4 nitrogen and oxygen atoms in total. The lowest BCUT2D eigenvalue weighted by Gasteiger charge is -2.31. The molecule has 1 unspecified atom stereocenters. The topological polar surface area (TPSA) is 61.2 Å². The molecule has 0 radical (unpaired) electrons. The highest BCUT2D eigenvalue weighted by atomic mass is 16.2. The Bertz CT molecular complexity index is 712. The maximum atomic E-state index is 12.9. The lowest BCUT2D eigenvalue weighted by molar-refractivity contribution is -0.130. The number of hydrogen-bond donors (Lipinski definition) is 0. The van der Waals surface area contributed by atoms with Crippen LogP contribution in [0, 0.1) is 29.1 Å². The highest BCUT2D eigenvalue weighted by molar-refractivity contribution is 6.25. The van der Waals surface area contributed by atoms with Gasteiger partial charge in [-0.05, 0) is 57.9 Å². The summed E-state index contributed by atoms with van der Waals surface area (Å²) in [5.41, 5.74) is 0.187. The predicted octanol–water partition coefficient (Wildman–Crippen LogP) is 3.35. The molecule has 1 fully saturated rings. The first-order valence-electron chi connectivity index (χ1n) is 7.21. The number of carbonyl (C=O) groups is 2. The van der Waals surface area contributed by atoms with Crippen LogP contribution in [0.25, 0.3) is 0 Å². The zero-order valence-electron chi connectivity index (χ0n) is 13.4. The molecule has 1 saturated heterocycles. The van der Waals surface area contributed by atoms with E-state index in [1.54, 1.807) is 45.0 Å². The number of allylic oxidation sites excluding steroid dienone is 1. The molecule has 1 atom stereocenters. The van der Waals surface area contributed by atoms with Crippen molar-refractivity contribution in [2.24, 2.45) is 10.8 Å². The summed E-state index contributed by atoms with van der Waals surface area (Å²) in [5, 5.41) is 9.01. The summed E-state index contributed by atoms with van der Waals surface area (Å²) >= 11 is 0. The fourth-order valence-electron chi connectivity index (χ4n) is 2.90. The zero-order valence-corrected chi connectivity index (χ0v) is 13.4. The Morgan fingerprint density at radius 2 is 1.91 bits per heavy atom. The van der Waals surface area contributed by atoms with Gasteiger partial charge in [0.25, 0.3) is 0 Å². The maximum absolute atomic E-state index is 12.9. The standard InChI is InChI=1S/C18H20N2O2/c1-6-9-18(5)16(22)20(15(21)17(18,3)4)14-8-7-13(11-19)12(2)10-14/h6-8,10H,1,9H2,2-5H3. The number of rotatable bonds is 3. The van der Waals surface area contributed by atoms with Gasteiger partial charge >= 0.3 is 0 Å². The molecule has 0 saturated carbocycles. The van der Waals surface area contributed by atoms with Gasteiger partial charge in [0.05, 0.1) is 28.2 Å². The molecule has 1 aliphatic heterocycles. The first-order valence-corrected chi connectivity index (χ1v) is 7.21. The number of benzene rings is 1. The van der Waals surface area contributed by atoms with Crippen molar-refractivity contribution in [3.05, 3.63) is 42.0 Å². The Balaban J connectivity index is 2.56. The van der Waals surface area contributed by atoms with Crippen LogP contribution in [0.4, 0.5) is 5.69 Å². The number of imide groups is 1. The molecule has 0 aromatic heterocycles. The van der Waals surface area contributed by atoms with Crippen molar-refractivity contribution in [3.63, 3.8) is 0 Å². The average Bonchev–Trinajstić information content (AvgIpc) is 2.58.